The van der Waals surface area contributed by atoms with Crippen LogP contribution in [-0.4, -0.2) is 30.5 Å². The van der Waals surface area contributed by atoms with E-state index in [0.717, 1.165) is 27.9 Å². The number of amides is 3. The Morgan fingerprint density at radius 1 is 0.857 bits per heavy atom. The average Bonchev–Trinajstić information content (AvgIpc) is 2.84. The number of rotatable bonds is 8. The molecule has 8 heteroatoms. The molecule has 3 aromatic rings. The van der Waals surface area contributed by atoms with Gasteiger partial charge in [0.15, 0.2) is 6.61 Å². The predicted molar refractivity (Wildman–Crippen MR) is 135 cm³/mol. The Hall–Kier alpha value is -4.46. The molecule has 0 heterocycles. The number of benzene rings is 3. The van der Waals surface area contributed by atoms with Gasteiger partial charge in [-0.1, -0.05) is 47.5 Å². The molecule has 0 aliphatic heterocycles. The molecule has 0 aliphatic carbocycles. The molecule has 0 fully saturated rings. The minimum atomic E-state index is -0.858. The summed E-state index contributed by atoms with van der Waals surface area (Å²) in [4.78, 5) is 35.9. The van der Waals surface area contributed by atoms with Crippen LogP contribution < -0.4 is 20.8 Å². The van der Waals surface area contributed by atoms with Crippen LogP contribution in [0.25, 0.3) is 0 Å². The van der Waals surface area contributed by atoms with Gasteiger partial charge < -0.3 is 15.4 Å². The number of ether oxygens (including phenoxy) is 1. The Morgan fingerprint density at radius 3 is 2.23 bits per heavy atom. The van der Waals surface area contributed by atoms with E-state index in [-0.39, 0.29) is 19.1 Å². The first kappa shape index (κ1) is 25.2. The Labute approximate surface area is 204 Å². The molecule has 0 unspecified atom stereocenters. The molecule has 0 spiro atoms. The van der Waals surface area contributed by atoms with Crippen molar-refractivity contribution in [1.29, 1.82) is 0 Å². The van der Waals surface area contributed by atoms with E-state index in [2.05, 4.69) is 21.2 Å². The quantitative estimate of drug-likeness (QED) is 0.265. The summed E-state index contributed by atoms with van der Waals surface area (Å²) in [5, 5.41) is 9.18. The molecular formula is C27H28N4O4. The van der Waals surface area contributed by atoms with E-state index in [1.807, 2.05) is 63.2 Å². The van der Waals surface area contributed by atoms with Gasteiger partial charge in [-0.3, -0.25) is 14.4 Å². The Bertz CT molecular complexity index is 1220. The van der Waals surface area contributed by atoms with Crippen molar-refractivity contribution in [2.75, 3.05) is 11.9 Å². The Morgan fingerprint density at radius 2 is 1.54 bits per heavy atom. The van der Waals surface area contributed by atoms with Gasteiger partial charge in [-0.2, -0.15) is 5.10 Å². The molecule has 0 aromatic heterocycles. The molecule has 0 atom stereocenters. The van der Waals surface area contributed by atoms with Crippen molar-refractivity contribution in [3.63, 3.8) is 0 Å². The number of carbonyl (C=O) groups is 3. The molecule has 0 saturated heterocycles. The Kier molecular flexibility index (Phi) is 8.72. The largest absolute Gasteiger partial charge is 0.484 e. The second kappa shape index (κ2) is 12.1. The van der Waals surface area contributed by atoms with Gasteiger partial charge in [0.2, 0.25) is 0 Å². The zero-order valence-electron chi connectivity index (χ0n) is 19.9. The number of hydrogen-bond acceptors (Lipinski definition) is 5. The van der Waals surface area contributed by atoms with Gasteiger partial charge in [0.25, 0.3) is 5.91 Å². The van der Waals surface area contributed by atoms with Crippen molar-refractivity contribution in [3.8, 4) is 5.75 Å². The smallest absolute Gasteiger partial charge is 0.329 e. The lowest BCUT2D eigenvalue weighted by atomic mass is 10.1. The second-order valence-electron chi connectivity index (χ2n) is 8.09. The molecule has 180 valence electrons. The van der Waals surface area contributed by atoms with Crippen LogP contribution >= 0.6 is 0 Å². The maximum atomic E-state index is 12.2. The zero-order valence-corrected chi connectivity index (χ0v) is 19.9. The van der Waals surface area contributed by atoms with Crippen molar-refractivity contribution in [3.05, 3.63) is 94.5 Å². The van der Waals surface area contributed by atoms with Crippen LogP contribution in [0.15, 0.2) is 71.8 Å². The molecule has 3 rings (SSSR count). The van der Waals surface area contributed by atoms with Gasteiger partial charge in [0.05, 0.1) is 6.21 Å². The minimum absolute atomic E-state index is 0.130. The number of nitrogens with zero attached hydrogens (tertiary/aromatic N) is 1. The van der Waals surface area contributed by atoms with E-state index in [0.29, 0.717) is 11.3 Å². The maximum absolute atomic E-state index is 12.2. The summed E-state index contributed by atoms with van der Waals surface area (Å²) in [6, 6.07) is 20.2. The van der Waals surface area contributed by atoms with E-state index >= 15 is 0 Å². The second-order valence-corrected chi connectivity index (χ2v) is 8.09. The minimum Gasteiger partial charge on any atom is -0.484 e. The third-order valence-electron chi connectivity index (χ3n) is 5.07. The number of aryl methyl sites for hydroxylation is 3. The molecule has 0 aliphatic rings. The van der Waals surface area contributed by atoms with Crippen molar-refractivity contribution < 1.29 is 19.1 Å². The first-order chi connectivity index (χ1) is 16.8. The van der Waals surface area contributed by atoms with Gasteiger partial charge in [0.1, 0.15) is 5.75 Å². The fourth-order valence-corrected chi connectivity index (χ4v) is 3.12. The monoisotopic (exact) mass is 472 g/mol. The average molecular weight is 473 g/mol. The number of carbonyl (C=O) groups excluding carboxylic acids is 3. The highest BCUT2D eigenvalue weighted by molar-refractivity contribution is 6.35. The molecule has 3 N–H and O–H groups in total. The number of anilines is 1. The molecule has 8 nitrogen and oxygen atoms in total. The lowest BCUT2D eigenvalue weighted by molar-refractivity contribution is -0.139. The summed E-state index contributed by atoms with van der Waals surface area (Å²) in [7, 11) is 0. The lowest BCUT2D eigenvalue weighted by Crippen LogP contribution is -2.37. The van der Waals surface area contributed by atoms with E-state index in [1.54, 1.807) is 24.3 Å². The summed E-state index contributed by atoms with van der Waals surface area (Å²) in [6.45, 7) is 6.02. The van der Waals surface area contributed by atoms with Gasteiger partial charge in [-0.05, 0) is 67.8 Å². The normalized spacial score (nSPS) is 10.6. The predicted octanol–water partition coefficient (Wildman–Crippen LogP) is 3.40. The lowest BCUT2D eigenvalue weighted by Gasteiger charge is -2.10. The summed E-state index contributed by atoms with van der Waals surface area (Å²) < 4.78 is 5.52. The summed E-state index contributed by atoms with van der Waals surface area (Å²) in [5.41, 5.74) is 7.75. The highest BCUT2D eigenvalue weighted by atomic mass is 16.5. The fraction of sp³-hybridized carbons (Fsp3) is 0.185. The fourth-order valence-electron chi connectivity index (χ4n) is 3.12. The SMILES string of the molecule is Cc1ccc(CNC(=O)C(=O)N/N=C\c2ccc(OCC(=O)Nc3ccc(C)cc3C)cc2)cc1. The highest BCUT2D eigenvalue weighted by Crippen LogP contribution is 2.16. The molecule has 3 amide bonds. The zero-order chi connectivity index (χ0) is 25.2. The number of nitrogens with one attached hydrogen (secondary N) is 3. The molecule has 0 bridgehead atoms. The van der Waals surface area contributed by atoms with E-state index in [1.165, 1.54) is 6.21 Å². The standard InChI is InChI=1S/C27H28N4O4/c1-18-4-7-21(8-5-18)15-28-26(33)27(34)31-29-16-22-9-11-23(12-10-22)35-17-25(32)30-24-13-6-19(2)14-20(24)3/h4-14,16H,15,17H2,1-3H3,(H,28,33)(H,30,32)(H,31,34)/b29-16-. The number of hydrazone groups is 1. The van der Waals surface area contributed by atoms with Gasteiger partial charge in [-0.15, -0.1) is 0 Å². The Balaban J connectivity index is 1.40. The van der Waals surface area contributed by atoms with Crippen LogP contribution in [0.3, 0.4) is 0 Å². The first-order valence-electron chi connectivity index (χ1n) is 11.1. The molecule has 3 aromatic carbocycles. The van der Waals surface area contributed by atoms with Crippen molar-refractivity contribution in [2.45, 2.75) is 27.3 Å². The van der Waals surface area contributed by atoms with Crippen LogP contribution in [0.5, 0.6) is 5.75 Å². The number of hydrogen-bond donors (Lipinski definition) is 3. The summed E-state index contributed by atoms with van der Waals surface area (Å²) in [5.74, 6) is -1.38. The summed E-state index contributed by atoms with van der Waals surface area (Å²) >= 11 is 0. The van der Waals surface area contributed by atoms with E-state index in [9.17, 15) is 14.4 Å². The van der Waals surface area contributed by atoms with Crippen LogP contribution in [0, 0.1) is 20.8 Å². The van der Waals surface area contributed by atoms with Gasteiger partial charge in [-0.25, -0.2) is 5.43 Å². The van der Waals surface area contributed by atoms with Crippen molar-refractivity contribution in [2.24, 2.45) is 5.10 Å². The molecular weight excluding hydrogens is 444 g/mol. The van der Waals surface area contributed by atoms with Crippen LogP contribution in [-0.2, 0) is 20.9 Å². The van der Waals surface area contributed by atoms with Crippen molar-refractivity contribution >= 4 is 29.6 Å². The summed E-state index contributed by atoms with van der Waals surface area (Å²) in [6.07, 6.45) is 1.40. The third-order valence-corrected chi connectivity index (χ3v) is 5.07. The van der Waals surface area contributed by atoms with Gasteiger partial charge >= 0.3 is 11.8 Å². The molecule has 35 heavy (non-hydrogen) atoms. The van der Waals surface area contributed by atoms with E-state index < -0.39 is 11.8 Å². The van der Waals surface area contributed by atoms with E-state index in [4.69, 9.17) is 4.74 Å². The first-order valence-corrected chi connectivity index (χ1v) is 11.1. The van der Waals surface area contributed by atoms with Crippen molar-refractivity contribution in [1.82, 2.24) is 10.7 Å². The topological polar surface area (TPSA) is 109 Å². The third kappa shape index (κ3) is 8.12. The molecule has 0 radical (unpaired) electrons. The van der Waals surface area contributed by atoms with Crippen LogP contribution in [0.1, 0.15) is 27.8 Å². The maximum Gasteiger partial charge on any atom is 0.329 e. The highest BCUT2D eigenvalue weighted by Gasteiger charge is 2.12. The van der Waals surface area contributed by atoms with Gasteiger partial charge in [0, 0.05) is 12.2 Å². The molecule has 0 saturated carbocycles. The van der Waals surface area contributed by atoms with Crippen LogP contribution in [0.2, 0.25) is 0 Å². The van der Waals surface area contributed by atoms with Crippen LogP contribution in [0.4, 0.5) is 5.69 Å².